The lowest BCUT2D eigenvalue weighted by atomic mass is 9.47. The van der Waals surface area contributed by atoms with E-state index in [0.29, 0.717) is 22.7 Å². The number of fused-ring (bicyclic) bond motifs is 5. The van der Waals surface area contributed by atoms with Gasteiger partial charge in [0.05, 0.1) is 6.10 Å². The molecular formula is C28H46O. The molecule has 0 aromatic carbocycles. The maximum Gasteiger partial charge on any atom is 0.0543 e. The highest BCUT2D eigenvalue weighted by atomic mass is 16.3. The van der Waals surface area contributed by atoms with Crippen molar-refractivity contribution in [1.82, 2.24) is 0 Å². The molecule has 0 bridgehead atoms. The second-order valence-electron chi connectivity index (χ2n) is 12.2. The van der Waals surface area contributed by atoms with Gasteiger partial charge in [-0.1, -0.05) is 58.4 Å². The van der Waals surface area contributed by atoms with E-state index in [4.69, 9.17) is 0 Å². The Bertz CT molecular complexity index is 659. The van der Waals surface area contributed by atoms with Gasteiger partial charge in [0, 0.05) is 0 Å². The molecule has 0 unspecified atom stereocenters. The smallest absolute Gasteiger partial charge is 0.0543 e. The van der Waals surface area contributed by atoms with Crippen molar-refractivity contribution < 1.29 is 5.11 Å². The standard InChI is InChI=1S/C28H46O/c1-18(2)19(3)7-8-20(4)24-11-12-25-23-10-9-21-17-22(29)13-15-27(21,5)26(23)14-16-28(24,25)6/h10,18,20-22,24-26,29H,3,7-9,11-17H2,1-2,4-6H3/t20-,21+,22+,24+,25-,26-,27-,28-/m1/s1. The molecule has 4 rings (SSSR count). The summed E-state index contributed by atoms with van der Waals surface area (Å²) in [5, 5.41) is 10.2. The van der Waals surface area contributed by atoms with E-state index in [0.717, 1.165) is 36.5 Å². The van der Waals surface area contributed by atoms with Crippen LogP contribution in [-0.4, -0.2) is 11.2 Å². The zero-order valence-corrected chi connectivity index (χ0v) is 19.8. The van der Waals surface area contributed by atoms with Gasteiger partial charge in [0.2, 0.25) is 0 Å². The van der Waals surface area contributed by atoms with Crippen LogP contribution in [0.4, 0.5) is 0 Å². The molecule has 0 saturated heterocycles. The summed E-state index contributed by atoms with van der Waals surface area (Å²) in [6, 6.07) is 0. The normalized spacial score (nSPS) is 45.2. The van der Waals surface area contributed by atoms with Crippen LogP contribution in [0.15, 0.2) is 23.8 Å². The highest BCUT2D eigenvalue weighted by Crippen LogP contribution is 2.66. The average Bonchev–Trinajstić information content (AvgIpc) is 3.03. The van der Waals surface area contributed by atoms with Crippen LogP contribution in [0.25, 0.3) is 0 Å². The number of aliphatic hydroxyl groups is 1. The van der Waals surface area contributed by atoms with Gasteiger partial charge in [-0.25, -0.2) is 0 Å². The molecule has 3 saturated carbocycles. The molecule has 1 nitrogen and oxygen atoms in total. The fraction of sp³-hybridized carbons (Fsp3) is 0.857. The van der Waals surface area contributed by atoms with Gasteiger partial charge in [0.15, 0.2) is 0 Å². The van der Waals surface area contributed by atoms with Gasteiger partial charge in [-0.3, -0.25) is 0 Å². The quantitative estimate of drug-likeness (QED) is 0.474. The molecule has 0 heterocycles. The Morgan fingerprint density at radius 2 is 1.76 bits per heavy atom. The SMILES string of the molecule is C=C(CC[C@@H](C)[C@@H]1CC[C@@H]2C3=CC[C@H]4C[C@@H](O)CC[C@@]4(C)[C@@H]3CC[C@@]21C)C(C)C. The van der Waals surface area contributed by atoms with E-state index in [-0.39, 0.29) is 6.10 Å². The lowest BCUT2D eigenvalue weighted by Gasteiger charge is -2.57. The summed E-state index contributed by atoms with van der Waals surface area (Å²) in [5.74, 6) is 4.65. The van der Waals surface area contributed by atoms with Gasteiger partial charge < -0.3 is 5.11 Å². The number of hydrogen-bond acceptors (Lipinski definition) is 1. The third-order valence-electron chi connectivity index (χ3n) is 10.5. The Hall–Kier alpha value is -0.560. The fourth-order valence-electron chi connectivity index (χ4n) is 8.37. The highest BCUT2D eigenvalue weighted by molar-refractivity contribution is 5.27. The van der Waals surface area contributed by atoms with Crippen LogP contribution >= 0.6 is 0 Å². The minimum atomic E-state index is -0.0471. The number of hydrogen-bond donors (Lipinski definition) is 1. The van der Waals surface area contributed by atoms with E-state index >= 15 is 0 Å². The summed E-state index contributed by atoms with van der Waals surface area (Å²) in [5.41, 5.74) is 4.26. The molecule has 0 radical (unpaired) electrons. The van der Waals surface area contributed by atoms with Crippen LogP contribution in [-0.2, 0) is 0 Å². The third-order valence-corrected chi connectivity index (χ3v) is 10.5. The van der Waals surface area contributed by atoms with Crippen molar-refractivity contribution in [1.29, 1.82) is 0 Å². The van der Waals surface area contributed by atoms with Gasteiger partial charge in [0.25, 0.3) is 0 Å². The molecule has 0 spiro atoms. The molecule has 4 aliphatic rings. The van der Waals surface area contributed by atoms with Crippen molar-refractivity contribution in [3.63, 3.8) is 0 Å². The van der Waals surface area contributed by atoms with Crippen LogP contribution in [0.1, 0.15) is 98.8 Å². The van der Waals surface area contributed by atoms with E-state index in [2.05, 4.69) is 47.3 Å². The van der Waals surface area contributed by atoms with E-state index < -0.39 is 0 Å². The third kappa shape index (κ3) is 3.58. The van der Waals surface area contributed by atoms with Crippen LogP contribution < -0.4 is 0 Å². The molecule has 0 aromatic heterocycles. The van der Waals surface area contributed by atoms with E-state index in [1.165, 1.54) is 56.9 Å². The van der Waals surface area contributed by atoms with Gasteiger partial charge >= 0.3 is 0 Å². The molecule has 4 aliphatic carbocycles. The predicted octanol–water partition coefficient (Wildman–Crippen LogP) is 7.55. The first-order chi connectivity index (χ1) is 13.7. The Morgan fingerprint density at radius 1 is 1.07 bits per heavy atom. The summed E-state index contributed by atoms with van der Waals surface area (Å²) < 4.78 is 0. The number of aliphatic hydroxyl groups excluding tert-OH is 1. The van der Waals surface area contributed by atoms with E-state index in [9.17, 15) is 5.11 Å². The van der Waals surface area contributed by atoms with Crippen molar-refractivity contribution in [2.24, 2.45) is 46.3 Å². The monoisotopic (exact) mass is 398 g/mol. The van der Waals surface area contributed by atoms with Crippen molar-refractivity contribution in [3.8, 4) is 0 Å². The van der Waals surface area contributed by atoms with Crippen molar-refractivity contribution >= 4 is 0 Å². The zero-order valence-electron chi connectivity index (χ0n) is 19.8. The summed E-state index contributed by atoms with van der Waals surface area (Å²) in [4.78, 5) is 0. The van der Waals surface area contributed by atoms with Gasteiger partial charge in [0.1, 0.15) is 0 Å². The summed E-state index contributed by atoms with van der Waals surface area (Å²) in [6.07, 6.45) is 15.3. The zero-order chi connectivity index (χ0) is 21.0. The van der Waals surface area contributed by atoms with Crippen LogP contribution in [0.3, 0.4) is 0 Å². The minimum absolute atomic E-state index is 0.0471. The Balaban J connectivity index is 1.50. The average molecular weight is 399 g/mol. The molecular weight excluding hydrogens is 352 g/mol. The predicted molar refractivity (Wildman–Crippen MR) is 124 cm³/mol. The molecule has 0 aromatic rings. The van der Waals surface area contributed by atoms with Crippen molar-refractivity contribution in [3.05, 3.63) is 23.8 Å². The molecule has 1 heteroatoms. The van der Waals surface area contributed by atoms with E-state index in [1.54, 1.807) is 0 Å². The molecule has 29 heavy (non-hydrogen) atoms. The summed E-state index contributed by atoms with van der Waals surface area (Å²) in [6.45, 7) is 16.7. The molecule has 1 N–H and O–H groups in total. The van der Waals surface area contributed by atoms with Gasteiger partial charge in [-0.2, -0.15) is 0 Å². The lowest BCUT2D eigenvalue weighted by molar-refractivity contribution is -0.0427. The fourth-order valence-corrected chi connectivity index (χ4v) is 8.37. The molecule has 8 atom stereocenters. The lowest BCUT2D eigenvalue weighted by Crippen LogP contribution is -2.49. The van der Waals surface area contributed by atoms with Crippen LogP contribution in [0.2, 0.25) is 0 Å². The van der Waals surface area contributed by atoms with Crippen molar-refractivity contribution in [2.75, 3.05) is 0 Å². The Morgan fingerprint density at radius 3 is 2.48 bits per heavy atom. The van der Waals surface area contributed by atoms with Crippen LogP contribution in [0.5, 0.6) is 0 Å². The molecule has 0 aliphatic heterocycles. The molecule has 0 amide bonds. The van der Waals surface area contributed by atoms with Gasteiger partial charge in [-0.05, 0) is 111 Å². The summed E-state index contributed by atoms with van der Waals surface area (Å²) >= 11 is 0. The highest BCUT2D eigenvalue weighted by Gasteiger charge is 2.58. The first-order valence-electron chi connectivity index (χ1n) is 12.7. The van der Waals surface area contributed by atoms with Crippen LogP contribution in [0, 0.1) is 46.3 Å². The number of allylic oxidation sites excluding steroid dienone is 3. The largest absolute Gasteiger partial charge is 0.393 e. The topological polar surface area (TPSA) is 20.2 Å². The number of rotatable bonds is 5. The Kier molecular flexibility index (Phi) is 5.86. The Labute approximate surface area is 180 Å². The molecule has 164 valence electrons. The maximum absolute atomic E-state index is 10.2. The second kappa shape index (κ2) is 7.85. The van der Waals surface area contributed by atoms with Crippen molar-refractivity contribution in [2.45, 2.75) is 105 Å². The summed E-state index contributed by atoms with van der Waals surface area (Å²) in [7, 11) is 0. The maximum atomic E-state index is 10.2. The first kappa shape index (κ1) is 21.7. The van der Waals surface area contributed by atoms with E-state index in [1.807, 2.05) is 5.57 Å². The molecule has 3 fully saturated rings. The minimum Gasteiger partial charge on any atom is -0.393 e. The second-order valence-corrected chi connectivity index (χ2v) is 12.2. The van der Waals surface area contributed by atoms with Gasteiger partial charge in [-0.15, -0.1) is 0 Å². The first-order valence-corrected chi connectivity index (χ1v) is 12.7.